The van der Waals surface area contributed by atoms with Gasteiger partial charge >= 0.3 is 11.9 Å². The van der Waals surface area contributed by atoms with Crippen LogP contribution < -0.4 is 10.6 Å². The zero-order valence-corrected chi connectivity index (χ0v) is 31.5. The zero-order chi connectivity index (χ0) is 39.7. The summed E-state index contributed by atoms with van der Waals surface area (Å²) in [5.41, 5.74) is 0. The van der Waals surface area contributed by atoms with Gasteiger partial charge in [-0.2, -0.15) is 0 Å². The molecule has 53 heavy (non-hydrogen) atoms. The van der Waals surface area contributed by atoms with Gasteiger partial charge in [-0.3, -0.25) is 48.1 Å². The number of carbonyl (C=O) groups is 9. The number of aliphatic hydroxyl groups excluding tert-OH is 1. The number of hydrogen-bond acceptors (Lipinski definition) is 13. The molecule has 2 fully saturated rings. The summed E-state index contributed by atoms with van der Waals surface area (Å²) in [4.78, 5) is 118. The van der Waals surface area contributed by atoms with Crippen LogP contribution in [-0.2, 0) is 52.6 Å². The Bertz CT molecular complexity index is 1320. The Morgan fingerprint density at radius 1 is 0.925 bits per heavy atom. The molecule has 0 bridgehead atoms. The molecule has 2 aliphatic heterocycles. The number of nitrogens with zero attached hydrogens (tertiary/aromatic N) is 4. The van der Waals surface area contributed by atoms with Gasteiger partial charge in [0, 0.05) is 33.6 Å². The Kier molecular flexibility index (Phi) is 19.0. The quantitative estimate of drug-likeness (QED) is 0.0600. The maximum atomic E-state index is 13.5. The monoisotopic (exact) mass is 752 g/mol. The van der Waals surface area contributed by atoms with Gasteiger partial charge in [0.2, 0.25) is 30.0 Å². The minimum absolute atomic E-state index is 0.250. The Morgan fingerprint density at radius 3 is 2.21 bits per heavy atom. The van der Waals surface area contributed by atoms with Crippen LogP contribution in [0.4, 0.5) is 0 Å². The van der Waals surface area contributed by atoms with E-state index in [4.69, 9.17) is 9.47 Å². The minimum Gasteiger partial charge on any atom is -0.462 e. The first-order chi connectivity index (χ1) is 25.1. The lowest BCUT2D eigenvalue weighted by atomic mass is 9.88. The largest absolute Gasteiger partial charge is 0.462 e. The van der Waals surface area contributed by atoms with E-state index in [1.165, 1.54) is 25.9 Å². The molecule has 2 heterocycles. The van der Waals surface area contributed by atoms with Crippen molar-refractivity contribution in [2.75, 3.05) is 73.6 Å². The van der Waals surface area contributed by atoms with Gasteiger partial charge in [0.25, 0.3) is 0 Å². The summed E-state index contributed by atoms with van der Waals surface area (Å²) < 4.78 is 10.2. The third-order valence-electron chi connectivity index (χ3n) is 9.42. The highest BCUT2D eigenvalue weighted by molar-refractivity contribution is 6.03. The fourth-order valence-corrected chi connectivity index (χ4v) is 6.10. The van der Waals surface area contributed by atoms with Crippen LogP contribution in [0.5, 0.6) is 0 Å². The van der Waals surface area contributed by atoms with Gasteiger partial charge in [-0.15, -0.1) is 0 Å². The third-order valence-corrected chi connectivity index (χ3v) is 9.42. The number of ketones is 2. The molecule has 0 aliphatic carbocycles. The van der Waals surface area contributed by atoms with Crippen molar-refractivity contribution in [3.8, 4) is 0 Å². The topological polar surface area (TPSA) is 229 Å². The second-order valence-corrected chi connectivity index (χ2v) is 13.8. The number of nitrogens with one attached hydrogen (secondary N) is 2. The van der Waals surface area contributed by atoms with Crippen LogP contribution in [-0.4, -0.2) is 170 Å². The van der Waals surface area contributed by atoms with Gasteiger partial charge < -0.3 is 39.9 Å². The van der Waals surface area contributed by atoms with Crippen LogP contribution in [0.15, 0.2) is 0 Å². The predicted octanol–water partition coefficient (Wildman–Crippen LogP) is -1.73. The predicted molar refractivity (Wildman–Crippen MR) is 187 cm³/mol. The summed E-state index contributed by atoms with van der Waals surface area (Å²) in [5.74, 6) is -7.02. The van der Waals surface area contributed by atoms with E-state index in [9.17, 15) is 48.3 Å². The van der Waals surface area contributed by atoms with Gasteiger partial charge in [-0.25, -0.2) is 0 Å². The molecule has 2 saturated heterocycles. The fraction of sp³-hybridized carbons (Fsp3) is 0.743. The molecule has 2 rings (SSSR count). The highest BCUT2D eigenvalue weighted by atomic mass is 16.5. The second kappa shape index (κ2) is 22.6. The number of amides is 5. The molecule has 0 radical (unpaired) electrons. The van der Waals surface area contributed by atoms with Crippen molar-refractivity contribution in [1.82, 2.24) is 30.2 Å². The lowest BCUT2D eigenvalue weighted by Gasteiger charge is -2.27. The van der Waals surface area contributed by atoms with Gasteiger partial charge in [-0.1, -0.05) is 13.3 Å². The standard InChI is InChI=1S/C35H56N6O12/c1-6-10-24(27(43)16-32(48)53-21-29(45)23(2)34(50)36-17-31(47)41-13-7-8-14-41)15-28(44)25(20-52-33(49)19-38(3)22-42)37-30(46)18-40(5)35(51)26-11-9-12-39(26)4/h22-27,43H,6-21H2,1-5H3,(H,36,50)(H,37,46)/t23?,24-,25?,26?,27?/m1/s1. The average molecular weight is 753 g/mol. The Hall–Kier alpha value is -4.45. The maximum Gasteiger partial charge on any atom is 0.325 e. The third kappa shape index (κ3) is 15.2. The van der Waals surface area contributed by atoms with Crippen molar-refractivity contribution in [2.45, 2.75) is 83.4 Å². The Morgan fingerprint density at radius 2 is 1.60 bits per heavy atom. The zero-order valence-electron chi connectivity index (χ0n) is 31.5. The molecule has 0 aromatic heterocycles. The number of likely N-dealkylation sites (N-methyl/N-ethyl adjacent to an activating group) is 3. The molecular formula is C35H56N6O12. The molecule has 5 atom stereocenters. The molecule has 298 valence electrons. The highest BCUT2D eigenvalue weighted by Crippen LogP contribution is 2.21. The van der Waals surface area contributed by atoms with Crippen molar-refractivity contribution >= 4 is 53.5 Å². The molecule has 0 spiro atoms. The number of rotatable bonds is 23. The SMILES string of the molecule is CCC[C@H](CC(=O)C(COC(=O)CN(C)C=O)NC(=O)CN(C)C(=O)C1CCCN1C)C(O)CC(=O)OCC(=O)C(C)C(=O)NCC(=O)N1CCCC1. The van der Waals surface area contributed by atoms with Crippen LogP contribution in [0.3, 0.4) is 0 Å². The van der Waals surface area contributed by atoms with Crippen LogP contribution in [0.2, 0.25) is 0 Å². The van der Waals surface area contributed by atoms with E-state index in [-0.39, 0.29) is 43.8 Å². The van der Waals surface area contributed by atoms with Crippen molar-refractivity contribution in [3.63, 3.8) is 0 Å². The molecule has 4 unspecified atom stereocenters. The number of aliphatic hydroxyl groups is 1. The van der Waals surface area contributed by atoms with E-state index in [0.29, 0.717) is 32.3 Å². The Balaban J connectivity index is 1.98. The van der Waals surface area contributed by atoms with E-state index in [0.717, 1.165) is 30.7 Å². The van der Waals surface area contributed by atoms with Crippen molar-refractivity contribution < 1.29 is 57.7 Å². The second-order valence-electron chi connectivity index (χ2n) is 13.8. The van der Waals surface area contributed by atoms with Crippen LogP contribution in [0.25, 0.3) is 0 Å². The summed E-state index contributed by atoms with van der Waals surface area (Å²) in [6.45, 7) is 2.73. The number of hydrogen-bond donors (Lipinski definition) is 3. The first-order valence-corrected chi connectivity index (χ1v) is 18.1. The van der Waals surface area contributed by atoms with E-state index in [1.807, 2.05) is 11.9 Å². The van der Waals surface area contributed by atoms with E-state index in [1.54, 1.807) is 11.8 Å². The van der Waals surface area contributed by atoms with Crippen molar-refractivity contribution in [2.24, 2.45) is 11.8 Å². The number of Topliss-reactive ketones (excluding diaryl/α,β-unsaturated/α-hetero) is 2. The molecule has 0 aromatic rings. The summed E-state index contributed by atoms with van der Waals surface area (Å²) in [5, 5.41) is 15.9. The smallest absolute Gasteiger partial charge is 0.325 e. The van der Waals surface area contributed by atoms with Gasteiger partial charge in [0.1, 0.15) is 19.2 Å². The first-order valence-electron chi connectivity index (χ1n) is 18.1. The highest BCUT2D eigenvalue weighted by Gasteiger charge is 2.33. The number of likely N-dealkylation sites (tertiary alicyclic amines) is 2. The molecule has 0 aromatic carbocycles. The average Bonchev–Trinajstić information content (AvgIpc) is 3.82. The van der Waals surface area contributed by atoms with Gasteiger partial charge in [-0.05, 0) is 58.5 Å². The molecule has 5 amide bonds. The molecule has 3 N–H and O–H groups in total. The van der Waals surface area contributed by atoms with E-state index >= 15 is 0 Å². The molecule has 18 nitrogen and oxygen atoms in total. The molecule has 2 aliphatic rings. The summed E-state index contributed by atoms with van der Waals surface area (Å²) in [6.07, 6.45) is 2.15. The maximum absolute atomic E-state index is 13.5. The van der Waals surface area contributed by atoms with E-state index in [2.05, 4.69) is 10.6 Å². The summed E-state index contributed by atoms with van der Waals surface area (Å²) in [7, 11) is 4.64. The fourth-order valence-electron chi connectivity index (χ4n) is 6.10. The summed E-state index contributed by atoms with van der Waals surface area (Å²) in [6, 6.07) is -1.74. The van der Waals surface area contributed by atoms with Gasteiger partial charge in [0.05, 0.1) is 37.6 Å². The molecule has 0 saturated carbocycles. The van der Waals surface area contributed by atoms with Gasteiger partial charge in [0.15, 0.2) is 18.2 Å². The first kappa shape index (κ1) is 44.7. The molecule has 18 heteroatoms. The van der Waals surface area contributed by atoms with Crippen molar-refractivity contribution in [3.05, 3.63) is 0 Å². The lowest BCUT2D eigenvalue weighted by molar-refractivity contribution is -0.153. The summed E-state index contributed by atoms with van der Waals surface area (Å²) >= 11 is 0. The van der Waals surface area contributed by atoms with E-state index < -0.39 is 85.5 Å². The minimum atomic E-state index is -1.40. The Labute approximate surface area is 310 Å². The molecular weight excluding hydrogens is 696 g/mol. The number of ether oxygens (including phenoxy) is 2. The van der Waals surface area contributed by atoms with Crippen LogP contribution >= 0.6 is 0 Å². The van der Waals surface area contributed by atoms with Crippen LogP contribution in [0.1, 0.15) is 65.2 Å². The lowest BCUT2D eigenvalue weighted by Crippen LogP contribution is -2.51. The number of carbonyl (C=O) groups excluding carboxylic acids is 9. The van der Waals surface area contributed by atoms with Crippen molar-refractivity contribution in [1.29, 1.82) is 0 Å². The van der Waals surface area contributed by atoms with Crippen LogP contribution in [0, 0.1) is 11.8 Å². The number of esters is 2. The normalized spacial score (nSPS) is 17.8.